The maximum atomic E-state index is 12.3. The van der Waals surface area contributed by atoms with Crippen LogP contribution < -0.4 is 15.8 Å². The van der Waals surface area contributed by atoms with Crippen molar-refractivity contribution in [1.29, 1.82) is 0 Å². The fourth-order valence-electron chi connectivity index (χ4n) is 1.76. The first-order valence-electron chi connectivity index (χ1n) is 6.04. The van der Waals surface area contributed by atoms with Gasteiger partial charge in [0, 0.05) is 0 Å². The second-order valence-corrected chi connectivity index (χ2v) is 4.26. The minimum Gasteiger partial charge on any atom is -0.434 e. The summed E-state index contributed by atoms with van der Waals surface area (Å²) >= 11 is 0. The number of rotatable bonds is 4. The molecule has 1 aromatic heterocycles. The van der Waals surface area contributed by atoms with E-state index >= 15 is 0 Å². The van der Waals surface area contributed by atoms with E-state index in [0.717, 1.165) is 0 Å². The predicted octanol–water partition coefficient (Wildman–Crippen LogP) is 2.83. The van der Waals surface area contributed by atoms with Crippen LogP contribution in [0.5, 0.6) is 5.75 Å². The Morgan fingerprint density at radius 1 is 1.38 bits per heavy atom. The highest BCUT2D eigenvalue weighted by Crippen LogP contribution is 2.22. The summed E-state index contributed by atoms with van der Waals surface area (Å²) < 4.78 is 29.0. The summed E-state index contributed by atoms with van der Waals surface area (Å²) in [6.45, 7) is -1.28. The van der Waals surface area contributed by atoms with Crippen molar-refractivity contribution in [2.45, 2.75) is 13.5 Å². The number of anilines is 2. The fourth-order valence-corrected chi connectivity index (χ4v) is 1.76. The zero-order chi connectivity index (χ0) is 15.4. The van der Waals surface area contributed by atoms with Crippen LogP contribution >= 0.6 is 0 Å². The van der Waals surface area contributed by atoms with Crippen molar-refractivity contribution in [1.82, 2.24) is 4.98 Å². The van der Waals surface area contributed by atoms with E-state index in [4.69, 9.17) is 5.73 Å². The number of carbonyl (C=O) groups excluding carboxylic acids is 1. The number of nitrogen functional groups attached to an aromatic ring is 1. The Morgan fingerprint density at radius 3 is 2.76 bits per heavy atom. The van der Waals surface area contributed by atoms with Crippen molar-refractivity contribution in [3.8, 4) is 5.75 Å². The van der Waals surface area contributed by atoms with Gasteiger partial charge in [0.1, 0.15) is 11.6 Å². The number of pyridine rings is 1. The van der Waals surface area contributed by atoms with Crippen LogP contribution in [0.3, 0.4) is 0 Å². The molecular formula is C14H13F2N3O2. The third kappa shape index (κ3) is 3.65. The number of ether oxygens (including phenoxy) is 1. The molecule has 2 rings (SSSR count). The van der Waals surface area contributed by atoms with Crippen LogP contribution in [0.4, 0.5) is 20.3 Å². The first kappa shape index (κ1) is 14.7. The molecule has 7 heteroatoms. The lowest BCUT2D eigenvalue weighted by molar-refractivity contribution is -0.0501. The molecule has 0 saturated heterocycles. The second-order valence-electron chi connectivity index (χ2n) is 4.26. The Kier molecular flexibility index (Phi) is 4.32. The van der Waals surface area contributed by atoms with Crippen LogP contribution in [0.1, 0.15) is 15.9 Å². The summed E-state index contributed by atoms with van der Waals surface area (Å²) in [5, 5.41) is 2.54. The van der Waals surface area contributed by atoms with E-state index < -0.39 is 12.5 Å². The number of amides is 1. The fraction of sp³-hybridized carbons (Fsp3) is 0.143. The molecule has 21 heavy (non-hydrogen) atoms. The number of nitrogens with zero attached hydrogens (tertiary/aromatic N) is 1. The summed E-state index contributed by atoms with van der Waals surface area (Å²) in [4.78, 5) is 16.1. The number of aromatic nitrogens is 1. The van der Waals surface area contributed by atoms with Crippen LogP contribution in [0.15, 0.2) is 36.5 Å². The van der Waals surface area contributed by atoms with Gasteiger partial charge in [0.05, 0.1) is 17.4 Å². The van der Waals surface area contributed by atoms with Crippen molar-refractivity contribution in [2.24, 2.45) is 0 Å². The lowest BCUT2D eigenvalue weighted by atomic mass is 10.2. The normalized spacial score (nSPS) is 10.5. The highest BCUT2D eigenvalue weighted by atomic mass is 19.3. The number of halogens is 2. The summed E-state index contributed by atoms with van der Waals surface area (Å²) in [5.41, 5.74) is 6.69. The molecule has 0 saturated carbocycles. The van der Waals surface area contributed by atoms with E-state index in [2.05, 4.69) is 15.0 Å². The lowest BCUT2D eigenvalue weighted by Gasteiger charge is -2.11. The van der Waals surface area contributed by atoms with E-state index in [1.807, 2.05) is 0 Å². The average molecular weight is 293 g/mol. The third-order valence-electron chi connectivity index (χ3n) is 2.68. The number of nitrogens with two attached hydrogens (primary N) is 1. The number of hydrogen-bond acceptors (Lipinski definition) is 4. The minimum absolute atomic E-state index is 0.00387. The number of hydrogen-bond donors (Lipinski definition) is 2. The zero-order valence-corrected chi connectivity index (χ0v) is 11.1. The number of aryl methyl sites for hydroxylation is 1. The molecule has 1 amide bonds. The van der Waals surface area contributed by atoms with Gasteiger partial charge in [0.15, 0.2) is 0 Å². The van der Waals surface area contributed by atoms with Crippen molar-refractivity contribution < 1.29 is 18.3 Å². The summed E-state index contributed by atoms with van der Waals surface area (Å²) in [6, 6.07) is 7.38. The quantitative estimate of drug-likeness (QED) is 0.908. The molecule has 0 aliphatic heterocycles. The summed E-state index contributed by atoms with van der Waals surface area (Å²) in [5.74, 6) is -0.481. The molecule has 0 atom stereocenters. The minimum atomic E-state index is -3.00. The molecule has 110 valence electrons. The Morgan fingerprint density at radius 2 is 2.10 bits per heavy atom. The van der Waals surface area contributed by atoms with Crippen LogP contribution in [0, 0.1) is 6.92 Å². The van der Waals surface area contributed by atoms with Crippen LogP contribution in [0.2, 0.25) is 0 Å². The van der Waals surface area contributed by atoms with Crippen molar-refractivity contribution in [3.63, 3.8) is 0 Å². The standard InChI is InChI=1S/C14H13F2N3O2/c1-8-6-9(17)7-18-12(8)19-13(20)10-4-2-3-5-11(10)21-14(15)16/h2-7,14H,17H2,1H3,(H,18,19,20). The maximum Gasteiger partial charge on any atom is 0.387 e. The van der Waals surface area contributed by atoms with Gasteiger partial charge in [-0.15, -0.1) is 0 Å². The molecule has 0 aliphatic carbocycles. The molecule has 0 radical (unpaired) electrons. The third-order valence-corrected chi connectivity index (χ3v) is 2.68. The predicted molar refractivity (Wildman–Crippen MR) is 74.4 cm³/mol. The highest BCUT2D eigenvalue weighted by Gasteiger charge is 2.16. The van der Waals surface area contributed by atoms with Gasteiger partial charge >= 0.3 is 6.61 Å². The van der Waals surface area contributed by atoms with E-state index in [-0.39, 0.29) is 11.3 Å². The van der Waals surface area contributed by atoms with Gasteiger partial charge in [-0.2, -0.15) is 8.78 Å². The molecule has 0 fully saturated rings. The number of para-hydroxylation sites is 1. The van der Waals surface area contributed by atoms with Gasteiger partial charge in [-0.1, -0.05) is 12.1 Å². The van der Waals surface area contributed by atoms with Gasteiger partial charge in [-0.05, 0) is 30.7 Å². The topological polar surface area (TPSA) is 77.2 Å². The summed E-state index contributed by atoms with van der Waals surface area (Å²) in [7, 11) is 0. The molecule has 5 nitrogen and oxygen atoms in total. The van der Waals surface area contributed by atoms with E-state index in [9.17, 15) is 13.6 Å². The first-order valence-corrected chi connectivity index (χ1v) is 6.04. The lowest BCUT2D eigenvalue weighted by Crippen LogP contribution is -2.16. The zero-order valence-electron chi connectivity index (χ0n) is 11.1. The number of nitrogens with one attached hydrogen (secondary N) is 1. The van der Waals surface area contributed by atoms with E-state index in [1.54, 1.807) is 19.1 Å². The molecule has 0 unspecified atom stereocenters. The molecule has 0 bridgehead atoms. The van der Waals surface area contributed by atoms with Crippen LogP contribution in [-0.4, -0.2) is 17.5 Å². The van der Waals surface area contributed by atoms with Crippen LogP contribution in [0.25, 0.3) is 0 Å². The molecule has 0 aliphatic rings. The van der Waals surface area contributed by atoms with Gasteiger partial charge in [-0.3, -0.25) is 4.79 Å². The highest BCUT2D eigenvalue weighted by molar-refractivity contribution is 6.06. The maximum absolute atomic E-state index is 12.3. The smallest absolute Gasteiger partial charge is 0.387 e. The van der Waals surface area contributed by atoms with Gasteiger partial charge in [0.2, 0.25) is 0 Å². The largest absolute Gasteiger partial charge is 0.434 e. The number of alkyl halides is 2. The summed E-state index contributed by atoms with van der Waals surface area (Å²) in [6.07, 6.45) is 1.39. The van der Waals surface area contributed by atoms with Crippen molar-refractivity contribution in [3.05, 3.63) is 47.7 Å². The monoisotopic (exact) mass is 293 g/mol. The van der Waals surface area contributed by atoms with E-state index in [0.29, 0.717) is 17.1 Å². The molecule has 0 spiro atoms. The second kappa shape index (κ2) is 6.17. The molecule has 1 aromatic carbocycles. The molecular weight excluding hydrogens is 280 g/mol. The Bertz CT molecular complexity index is 662. The average Bonchev–Trinajstić information content (AvgIpc) is 2.42. The first-order chi connectivity index (χ1) is 9.97. The number of carbonyl (C=O) groups is 1. The van der Waals surface area contributed by atoms with Gasteiger partial charge < -0.3 is 15.8 Å². The molecule has 2 aromatic rings. The molecule has 3 N–H and O–H groups in total. The molecule has 1 heterocycles. The Hall–Kier alpha value is -2.70. The SMILES string of the molecule is Cc1cc(N)cnc1NC(=O)c1ccccc1OC(F)F. The Labute approximate surface area is 119 Å². The number of benzene rings is 1. The van der Waals surface area contributed by atoms with Gasteiger partial charge in [-0.25, -0.2) is 4.98 Å². The Balaban J connectivity index is 2.24. The van der Waals surface area contributed by atoms with Crippen molar-refractivity contribution in [2.75, 3.05) is 11.1 Å². The van der Waals surface area contributed by atoms with Gasteiger partial charge in [0.25, 0.3) is 5.91 Å². The van der Waals surface area contributed by atoms with Crippen molar-refractivity contribution >= 4 is 17.4 Å². The van der Waals surface area contributed by atoms with E-state index in [1.165, 1.54) is 24.4 Å². The van der Waals surface area contributed by atoms with Crippen LogP contribution in [-0.2, 0) is 0 Å².